The van der Waals surface area contributed by atoms with E-state index in [1.165, 1.54) is 24.3 Å². The maximum absolute atomic E-state index is 12.0. The first-order valence-corrected chi connectivity index (χ1v) is 6.95. The molecule has 0 aromatic carbocycles. The molecule has 1 saturated heterocycles. The predicted octanol–water partition coefficient (Wildman–Crippen LogP) is 3.11. The normalized spacial score (nSPS) is 17.3. The highest BCUT2D eigenvalue weighted by molar-refractivity contribution is 7.99. The maximum atomic E-state index is 12.0. The summed E-state index contributed by atoms with van der Waals surface area (Å²) in [5.41, 5.74) is 1.73. The summed E-state index contributed by atoms with van der Waals surface area (Å²) >= 11 is 2.00. The molecule has 3 heteroatoms. The van der Waals surface area contributed by atoms with Gasteiger partial charge in [-0.15, -0.1) is 0 Å². The van der Waals surface area contributed by atoms with Crippen LogP contribution in [0.15, 0.2) is 18.3 Å². The second-order valence-corrected chi connectivity index (χ2v) is 5.60. The Morgan fingerprint density at radius 1 is 1.44 bits per heavy atom. The lowest BCUT2D eigenvalue weighted by Crippen LogP contribution is -2.14. The van der Waals surface area contributed by atoms with E-state index in [4.69, 9.17) is 0 Å². The van der Waals surface area contributed by atoms with Crippen LogP contribution in [0.1, 0.15) is 35.3 Å². The zero-order chi connectivity index (χ0) is 11.4. The monoisotopic (exact) mass is 235 g/mol. The molecule has 0 amide bonds. The van der Waals surface area contributed by atoms with Gasteiger partial charge in [0.05, 0.1) is 0 Å². The fourth-order valence-electron chi connectivity index (χ4n) is 1.96. The molecule has 1 aliphatic heterocycles. The first-order chi connectivity index (χ1) is 7.75. The molecule has 86 valence electrons. The zero-order valence-corrected chi connectivity index (χ0v) is 10.4. The van der Waals surface area contributed by atoms with E-state index in [0.29, 0.717) is 12.3 Å². The molecule has 0 bridgehead atoms. The standard InChI is InChI=1S/C13H17NOS/c1-10-2-3-12(9-14-10)13(15)8-11-4-6-16-7-5-11/h2-3,9,11H,4-8H2,1H3. The molecule has 0 aliphatic carbocycles. The summed E-state index contributed by atoms with van der Waals surface area (Å²) in [6, 6.07) is 3.80. The van der Waals surface area contributed by atoms with Crippen molar-refractivity contribution in [3.05, 3.63) is 29.6 Å². The number of nitrogens with zero attached hydrogens (tertiary/aromatic N) is 1. The van der Waals surface area contributed by atoms with Gasteiger partial charge in [-0.1, -0.05) is 0 Å². The van der Waals surface area contributed by atoms with Gasteiger partial charge in [-0.2, -0.15) is 11.8 Å². The van der Waals surface area contributed by atoms with Crippen molar-refractivity contribution in [2.75, 3.05) is 11.5 Å². The van der Waals surface area contributed by atoms with Crippen LogP contribution in [-0.2, 0) is 0 Å². The van der Waals surface area contributed by atoms with Gasteiger partial charge in [0.1, 0.15) is 0 Å². The van der Waals surface area contributed by atoms with Crippen molar-refractivity contribution >= 4 is 17.5 Å². The molecule has 1 aliphatic rings. The molecule has 1 fully saturated rings. The van der Waals surface area contributed by atoms with Gasteiger partial charge in [-0.05, 0) is 49.3 Å². The highest BCUT2D eigenvalue weighted by atomic mass is 32.2. The summed E-state index contributed by atoms with van der Waals surface area (Å²) in [6.45, 7) is 1.94. The van der Waals surface area contributed by atoms with E-state index < -0.39 is 0 Å². The molecule has 0 unspecified atom stereocenters. The highest BCUT2D eigenvalue weighted by Gasteiger charge is 2.18. The third kappa shape index (κ3) is 3.08. The molecule has 16 heavy (non-hydrogen) atoms. The van der Waals surface area contributed by atoms with Gasteiger partial charge in [-0.3, -0.25) is 9.78 Å². The number of aryl methyl sites for hydroxylation is 1. The Kier molecular flexibility index (Phi) is 3.99. The Balaban J connectivity index is 1.94. The fourth-order valence-corrected chi connectivity index (χ4v) is 3.17. The molecular formula is C13H17NOS. The van der Waals surface area contributed by atoms with Crippen LogP contribution in [0.4, 0.5) is 0 Å². The average molecular weight is 235 g/mol. The summed E-state index contributed by atoms with van der Waals surface area (Å²) in [7, 11) is 0. The first kappa shape index (κ1) is 11.6. The van der Waals surface area contributed by atoms with E-state index in [2.05, 4.69) is 4.98 Å². The topological polar surface area (TPSA) is 30.0 Å². The minimum absolute atomic E-state index is 0.254. The molecule has 0 saturated carbocycles. The molecule has 1 aromatic heterocycles. The van der Waals surface area contributed by atoms with E-state index in [0.717, 1.165) is 11.3 Å². The Labute approximate surface area is 101 Å². The second-order valence-electron chi connectivity index (χ2n) is 4.37. The molecule has 2 heterocycles. The van der Waals surface area contributed by atoms with Gasteiger partial charge in [0, 0.05) is 23.9 Å². The lowest BCUT2D eigenvalue weighted by molar-refractivity contribution is 0.0958. The van der Waals surface area contributed by atoms with E-state index in [9.17, 15) is 4.79 Å². The molecule has 0 spiro atoms. The summed E-state index contributed by atoms with van der Waals surface area (Å²) in [4.78, 5) is 16.1. The van der Waals surface area contributed by atoms with Crippen LogP contribution in [0.25, 0.3) is 0 Å². The van der Waals surface area contributed by atoms with Crippen molar-refractivity contribution in [1.82, 2.24) is 4.98 Å². The lowest BCUT2D eigenvalue weighted by Gasteiger charge is -2.20. The Morgan fingerprint density at radius 3 is 2.81 bits per heavy atom. The van der Waals surface area contributed by atoms with Crippen LogP contribution >= 0.6 is 11.8 Å². The van der Waals surface area contributed by atoms with Crippen molar-refractivity contribution in [3.63, 3.8) is 0 Å². The molecule has 0 atom stereocenters. The minimum Gasteiger partial charge on any atom is -0.294 e. The largest absolute Gasteiger partial charge is 0.294 e. The lowest BCUT2D eigenvalue weighted by atomic mass is 9.94. The number of carbonyl (C=O) groups excluding carboxylic acids is 1. The van der Waals surface area contributed by atoms with Crippen LogP contribution in [0.3, 0.4) is 0 Å². The van der Waals surface area contributed by atoms with Gasteiger partial charge < -0.3 is 0 Å². The summed E-state index contributed by atoms with van der Waals surface area (Å²) in [6.07, 6.45) is 4.78. The maximum Gasteiger partial charge on any atom is 0.164 e. The van der Waals surface area contributed by atoms with Crippen LogP contribution in [0.5, 0.6) is 0 Å². The van der Waals surface area contributed by atoms with Crippen molar-refractivity contribution in [2.24, 2.45) is 5.92 Å². The Morgan fingerprint density at radius 2 is 2.19 bits per heavy atom. The summed E-state index contributed by atoms with van der Waals surface area (Å²) in [5.74, 6) is 3.27. The third-order valence-electron chi connectivity index (χ3n) is 3.05. The second kappa shape index (κ2) is 5.48. The average Bonchev–Trinajstić information content (AvgIpc) is 2.31. The summed E-state index contributed by atoms with van der Waals surface area (Å²) < 4.78 is 0. The third-order valence-corrected chi connectivity index (χ3v) is 4.10. The van der Waals surface area contributed by atoms with Crippen LogP contribution in [0, 0.1) is 12.8 Å². The number of hydrogen-bond acceptors (Lipinski definition) is 3. The molecule has 1 aromatic rings. The van der Waals surface area contributed by atoms with E-state index in [1.54, 1.807) is 6.20 Å². The molecule has 2 rings (SSSR count). The number of carbonyl (C=O) groups is 1. The molecular weight excluding hydrogens is 218 g/mol. The number of Topliss-reactive ketones (excluding diaryl/α,β-unsaturated/α-hetero) is 1. The number of hydrogen-bond donors (Lipinski definition) is 0. The van der Waals surface area contributed by atoms with Crippen molar-refractivity contribution in [1.29, 1.82) is 0 Å². The van der Waals surface area contributed by atoms with Gasteiger partial charge in [-0.25, -0.2) is 0 Å². The van der Waals surface area contributed by atoms with Crippen LogP contribution < -0.4 is 0 Å². The zero-order valence-electron chi connectivity index (χ0n) is 9.61. The quantitative estimate of drug-likeness (QED) is 0.754. The highest BCUT2D eigenvalue weighted by Crippen LogP contribution is 2.26. The van der Waals surface area contributed by atoms with Crippen molar-refractivity contribution in [3.8, 4) is 0 Å². The molecule has 2 nitrogen and oxygen atoms in total. The number of pyridine rings is 1. The van der Waals surface area contributed by atoms with E-state index in [-0.39, 0.29) is 5.78 Å². The molecule has 0 radical (unpaired) electrons. The smallest absolute Gasteiger partial charge is 0.164 e. The number of aromatic nitrogens is 1. The number of thioether (sulfide) groups is 1. The van der Waals surface area contributed by atoms with Gasteiger partial charge in [0.2, 0.25) is 0 Å². The Bertz CT molecular complexity index is 355. The van der Waals surface area contributed by atoms with E-state index >= 15 is 0 Å². The van der Waals surface area contributed by atoms with Crippen LogP contribution in [0.2, 0.25) is 0 Å². The van der Waals surface area contributed by atoms with Gasteiger partial charge >= 0.3 is 0 Å². The number of rotatable bonds is 3. The van der Waals surface area contributed by atoms with Crippen molar-refractivity contribution < 1.29 is 4.79 Å². The molecule has 0 N–H and O–H groups in total. The predicted molar refractivity (Wildman–Crippen MR) is 68.0 cm³/mol. The SMILES string of the molecule is Cc1ccc(C(=O)CC2CCSCC2)cn1. The van der Waals surface area contributed by atoms with Gasteiger partial charge in [0.15, 0.2) is 5.78 Å². The fraction of sp³-hybridized carbons (Fsp3) is 0.538. The number of ketones is 1. The van der Waals surface area contributed by atoms with Gasteiger partial charge in [0.25, 0.3) is 0 Å². The first-order valence-electron chi connectivity index (χ1n) is 5.79. The summed E-state index contributed by atoms with van der Waals surface area (Å²) in [5, 5.41) is 0. The van der Waals surface area contributed by atoms with Crippen molar-refractivity contribution in [2.45, 2.75) is 26.2 Å². The van der Waals surface area contributed by atoms with E-state index in [1.807, 2.05) is 30.8 Å². The Hall–Kier alpha value is -0.830. The van der Waals surface area contributed by atoms with Crippen LogP contribution in [-0.4, -0.2) is 22.3 Å². The minimum atomic E-state index is 0.254.